The Morgan fingerprint density at radius 1 is 1.33 bits per heavy atom. The Bertz CT molecular complexity index is 309. The Kier molecular flexibility index (Phi) is 5.10. The molecule has 0 N–H and O–H groups in total. The maximum Gasteiger partial charge on any atom is 0.126 e. The van der Waals surface area contributed by atoms with Gasteiger partial charge in [-0.15, -0.1) is 11.6 Å². The van der Waals surface area contributed by atoms with E-state index in [-0.39, 0.29) is 11.2 Å². The first-order chi connectivity index (χ1) is 7.13. The number of halogens is 2. The fraction of sp³-hybridized carbons (Fsp3) is 0.538. The summed E-state index contributed by atoms with van der Waals surface area (Å²) in [6, 6.07) is 5.29. The fourth-order valence-electron chi connectivity index (χ4n) is 1.64. The Balaban J connectivity index is 2.47. The molecule has 0 bridgehead atoms. The molecule has 1 unspecified atom stereocenters. The number of rotatable bonds is 5. The van der Waals surface area contributed by atoms with Crippen LogP contribution in [0.2, 0.25) is 0 Å². The van der Waals surface area contributed by atoms with Crippen LogP contribution in [0.5, 0.6) is 0 Å². The molecule has 1 aromatic rings. The van der Waals surface area contributed by atoms with Crippen LogP contribution in [0.15, 0.2) is 18.2 Å². The van der Waals surface area contributed by atoms with Crippen molar-refractivity contribution in [3.05, 3.63) is 35.1 Å². The maximum absolute atomic E-state index is 13.0. The molecule has 0 fully saturated rings. The Morgan fingerprint density at radius 3 is 2.67 bits per heavy atom. The van der Waals surface area contributed by atoms with Crippen LogP contribution in [-0.4, -0.2) is 5.38 Å². The normalized spacial score (nSPS) is 12.8. The van der Waals surface area contributed by atoms with Crippen molar-refractivity contribution in [3.63, 3.8) is 0 Å². The number of hydrogen-bond acceptors (Lipinski definition) is 0. The van der Waals surface area contributed by atoms with Crippen molar-refractivity contribution in [1.29, 1.82) is 0 Å². The molecule has 1 atom stereocenters. The molecule has 0 saturated carbocycles. The minimum atomic E-state index is -0.130. The molecule has 0 aliphatic heterocycles. The van der Waals surface area contributed by atoms with E-state index in [1.165, 1.54) is 11.6 Å². The molecular formula is C13H18ClF. The molecule has 0 heterocycles. The summed E-state index contributed by atoms with van der Waals surface area (Å²) in [4.78, 5) is 0. The van der Waals surface area contributed by atoms with Gasteiger partial charge in [0.2, 0.25) is 0 Å². The van der Waals surface area contributed by atoms with Gasteiger partial charge < -0.3 is 0 Å². The Hall–Kier alpha value is -0.560. The highest BCUT2D eigenvalue weighted by molar-refractivity contribution is 6.20. The average Bonchev–Trinajstić information content (AvgIpc) is 2.20. The molecule has 2 heteroatoms. The van der Waals surface area contributed by atoms with Crippen molar-refractivity contribution in [2.24, 2.45) is 0 Å². The Labute approximate surface area is 96.5 Å². The predicted molar refractivity (Wildman–Crippen MR) is 64.0 cm³/mol. The van der Waals surface area contributed by atoms with Gasteiger partial charge in [0.25, 0.3) is 0 Å². The van der Waals surface area contributed by atoms with Gasteiger partial charge in [-0.25, -0.2) is 4.39 Å². The number of benzene rings is 1. The lowest BCUT2D eigenvalue weighted by atomic mass is 10.0. The second-order valence-electron chi connectivity index (χ2n) is 4.01. The first-order valence-electron chi connectivity index (χ1n) is 5.52. The molecule has 0 radical (unpaired) electrons. The lowest BCUT2D eigenvalue weighted by Crippen LogP contribution is -2.00. The molecule has 1 rings (SSSR count). The molecule has 84 valence electrons. The van der Waals surface area contributed by atoms with Crippen LogP contribution < -0.4 is 0 Å². The summed E-state index contributed by atoms with van der Waals surface area (Å²) in [5, 5.41) is 0.250. The van der Waals surface area contributed by atoms with Gasteiger partial charge in [-0.05, 0) is 43.4 Å². The van der Waals surface area contributed by atoms with Crippen molar-refractivity contribution in [2.75, 3.05) is 0 Å². The van der Waals surface area contributed by atoms with Gasteiger partial charge in [-0.3, -0.25) is 0 Å². The predicted octanol–water partition coefficient (Wildman–Crippen LogP) is 4.47. The van der Waals surface area contributed by atoms with Crippen LogP contribution in [0.4, 0.5) is 4.39 Å². The van der Waals surface area contributed by atoms with Gasteiger partial charge in [0.1, 0.15) is 5.82 Å². The summed E-state index contributed by atoms with van der Waals surface area (Å²) in [5.74, 6) is -0.130. The lowest BCUT2D eigenvalue weighted by Gasteiger charge is -2.08. The summed E-state index contributed by atoms with van der Waals surface area (Å²) < 4.78 is 13.0. The summed E-state index contributed by atoms with van der Waals surface area (Å²) in [6.45, 7) is 3.93. The van der Waals surface area contributed by atoms with Gasteiger partial charge in [-0.2, -0.15) is 0 Å². The van der Waals surface area contributed by atoms with E-state index in [1.54, 1.807) is 6.92 Å². The largest absolute Gasteiger partial charge is 0.207 e. The van der Waals surface area contributed by atoms with Crippen molar-refractivity contribution >= 4 is 11.6 Å². The Morgan fingerprint density at radius 2 is 2.07 bits per heavy atom. The smallest absolute Gasteiger partial charge is 0.126 e. The second-order valence-corrected chi connectivity index (χ2v) is 4.63. The van der Waals surface area contributed by atoms with Crippen LogP contribution in [-0.2, 0) is 6.42 Å². The van der Waals surface area contributed by atoms with Crippen LogP contribution in [0.3, 0.4) is 0 Å². The fourth-order valence-corrected chi connectivity index (χ4v) is 1.97. The van der Waals surface area contributed by atoms with Crippen LogP contribution in [0.25, 0.3) is 0 Å². The molecule has 0 saturated heterocycles. The topological polar surface area (TPSA) is 0 Å². The summed E-state index contributed by atoms with van der Waals surface area (Å²) in [7, 11) is 0. The van der Waals surface area contributed by atoms with E-state index in [0.717, 1.165) is 25.7 Å². The molecule has 0 aliphatic rings. The van der Waals surface area contributed by atoms with Crippen molar-refractivity contribution < 1.29 is 4.39 Å². The third-order valence-corrected chi connectivity index (χ3v) is 3.01. The molecule has 0 spiro atoms. The minimum Gasteiger partial charge on any atom is -0.207 e. The zero-order valence-corrected chi connectivity index (χ0v) is 10.1. The molecule has 0 nitrogen and oxygen atoms in total. The molecule has 0 amide bonds. The third-order valence-electron chi connectivity index (χ3n) is 2.57. The van der Waals surface area contributed by atoms with Gasteiger partial charge in [-0.1, -0.05) is 25.5 Å². The van der Waals surface area contributed by atoms with Crippen molar-refractivity contribution in [3.8, 4) is 0 Å². The molecule has 0 aromatic heterocycles. The molecule has 0 aliphatic carbocycles. The number of aryl methyl sites for hydroxylation is 2. The molecular weight excluding hydrogens is 211 g/mol. The minimum absolute atomic E-state index is 0.130. The van der Waals surface area contributed by atoms with Crippen LogP contribution in [0, 0.1) is 12.7 Å². The molecule has 15 heavy (non-hydrogen) atoms. The van der Waals surface area contributed by atoms with E-state index < -0.39 is 0 Å². The first kappa shape index (κ1) is 12.5. The van der Waals surface area contributed by atoms with E-state index in [4.69, 9.17) is 11.6 Å². The van der Waals surface area contributed by atoms with E-state index in [0.29, 0.717) is 5.56 Å². The average molecular weight is 229 g/mol. The third kappa shape index (κ3) is 4.21. The molecule has 1 aromatic carbocycles. The first-order valence-corrected chi connectivity index (χ1v) is 5.96. The second kappa shape index (κ2) is 6.12. The summed E-state index contributed by atoms with van der Waals surface area (Å²) >= 11 is 6.13. The maximum atomic E-state index is 13.0. The highest BCUT2D eigenvalue weighted by atomic mass is 35.5. The van der Waals surface area contributed by atoms with E-state index >= 15 is 0 Å². The van der Waals surface area contributed by atoms with Gasteiger partial charge in [0, 0.05) is 5.38 Å². The van der Waals surface area contributed by atoms with Crippen LogP contribution >= 0.6 is 11.6 Å². The highest BCUT2D eigenvalue weighted by Crippen LogP contribution is 2.16. The van der Waals surface area contributed by atoms with E-state index in [9.17, 15) is 4.39 Å². The van der Waals surface area contributed by atoms with Crippen molar-refractivity contribution in [2.45, 2.75) is 44.9 Å². The van der Waals surface area contributed by atoms with Gasteiger partial charge >= 0.3 is 0 Å². The summed E-state index contributed by atoms with van der Waals surface area (Å²) in [6.07, 6.45) is 4.09. The zero-order chi connectivity index (χ0) is 11.3. The number of hydrogen-bond donors (Lipinski definition) is 0. The summed E-state index contributed by atoms with van der Waals surface area (Å²) in [5.41, 5.74) is 1.89. The van der Waals surface area contributed by atoms with Crippen molar-refractivity contribution in [1.82, 2.24) is 0 Å². The monoisotopic (exact) mass is 228 g/mol. The number of alkyl halides is 1. The SMILES string of the molecule is CCCC(Cl)CCc1ccc(F)c(C)c1. The van der Waals surface area contributed by atoms with Gasteiger partial charge in [0.05, 0.1) is 0 Å². The van der Waals surface area contributed by atoms with Crippen LogP contribution in [0.1, 0.15) is 37.3 Å². The van der Waals surface area contributed by atoms with E-state index in [1.807, 2.05) is 12.1 Å². The van der Waals surface area contributed by atoms with Gasteiger partial charge in [0.15, 0.2) is 0 Å². The highest BCUT2D eigenvalue weighted by Gasteiger charge is 2.04. The quantitative estimate of drug-likeness (QED) is 0.652. The lowest BCUT2D eigenvalue weighted by molar-refractivity contribution is 0.616. The van der Waals surface area contributed by atoms with E-state index in [2.05, 4.69) is 6.92 Å². The standard InChI is InChI=1S/C13H18ClF/c1-3-4-12(14)7-5-11-6-8-13(15)10(2)9-11/h6,8-9,12H,3-5,7H2,1-2H3. The zero-order valence-electron chi connectivity index (χ0n) is 9.39.